The summed E-state index contributed by atoms with van der Waals surface area (Å²) in [6.07, 6.45) is 5.86. The molecule has 19 heavy (non-hydrogen) atoms. The van der Waals surface area contributed by atoms with Crippen molar-refractivity contribution in [1.82, 2.24) is 5.32 Å². The molecule has 0 aromatic heterocycles. The van der Waals surface area contributed by atoms with E-state index in [0.717, 1.165) is 31.6 Å². The summed E-state index contributed by atoms with van der Waals surface area (Å²) >= 11 is 0. The van der Waals surface area contributed by atoms with E-state index >= 15 is 0 Å². The van der Waals surface area contributed by atoms with Crippen molar-refractivity contribution in [3.63, 3.8) is 0 Å². The van der Waals surface area contributed by atoms with Crippen LogP contribution in [0.1, 0.15) is 66.7 Å². The monoisotopic (exact) mass is 287 g/mol. The molecular weight excluding hydrogens is 254 g/mol. The molecule has 0 aromatic rings. The standard InChI is InChI=1S/C16H33NOS/c1-6-11-17-15-14(8-7-10-16(15,4)5)19(18)12-9-13(2)3/h13-15,17H,6-12H2,1-5H3. The summed E-state index contributed by atoms with van der Waals surface area (Å²) in [6, 6.07) is 0.425. The first-order valence-corrected chi connectivity index (χ1v) is 9.37. The highest BCUT2D eigenvalue weighted by atomic mass is 32.2. The summed E-state index contributed by atoms with van der Waals surface area (Å²) in [4.78, 5) is 0. The maximum Gasteiger partial charge on any atom is 0.0506 e. The van der Waals surface area contributed by atoms with Crippen molar-refractivity contribution < 1.29 is 4.21 Å². The summed E-state index contributed by atoms with van der Waals surface area (Å²) in [5.74, 6) is 1.53. The first-order valence-electron chi connectivity index (χ1n) is 7.99. The average molecular weight is 288 g/mol. The van der Waals surface area contributed by atoms with Gasteiger partial charge in [-0.2, -0.15) is 0 Å². The summed E-state index contributed by atoms with van der Waals surface area (Å²) in [7, 11) is -0.670. The fraction of sp³-hybridized carbons (Fsp3) is 1.00. The minimum atomic E-state index is -0.670. The van der Waals surface area contributed by atoms with Gasteiger partial charge in [0.1, 0.15) is 0 Å². The molecule has 0 spiro atoms. The zero-order valence-corrected chi connectivity index (χ0v) is 14.3. The van der Waals surface area contributed by atoms with E-state index in [2.05, 4.69) is 39.9 Å². The lowest BCUT2D eigenvalue weighted by atomic mass is 9.73. The Bertz CT molecular complexity index is 288. The Morgan fingerprint density at radius 1 is 1.37 bits per heavy atom. The second-order valence-corrected chi connectivity index (χ2v) is 8.89. The molecule has 0 aliphatic heterocycles. The minimum absolute atomic E-state index is 0.283. The quantitative estimate of drug-likeness (QED) is 0.773. The Labute approximate surface area is 122 Å². The molecular formula is C16H33NOS. The SMILES string of the molecule is CCCNC1C(S(=O)CCC(C)C)CCCC1(C)C. The molecule has 1 rings (SSSR count). The molecule has 0 saturated heterocycles. The van der Waals surface area contributed by atoms with Gasteiger partial charge in [-0.05, 0) is 43.6 Å². The van der Waals surface area contributed by atoms with E-state index in [0.29, 0.717) is 17.2 Å². The van der Waals surface area contributed by atoms with Gasteiger partial charge in [-0.1, -0.05) is 41.0 Å². The topological polar surface area (TPSA) is 29.1 Å². The van der Waals surface area contributed by atoms with E-state index in [1.54, 1.807) is 0 Å². The third-order valence-electron chi connectivity index (χ3n) is 4.37. The van der Waals surface area contributed by atoms with Crippen LogP contribution in [0.4, 0.5) is 0 Å². The lowest BCUT2D eigenvalue weighted by Crippen LogP contribution is -2.54. The second-order valence-electron chi connectivity index (χ2n) is 7.12. The van der Waals surface area contributed by atoms with Crippen molar-refractivity contribution >= 4 is 10.8 Å². The highest BCUT2D eigenvalue weighted by Gasteiger charge is 2.40. The van der Waals surface area contributed by atoms with Crippen molar-refractivity contribution in [2.45, 2.75) is 78.0 Å². The van der Waals surface area contributed by atoms with E-state index < -0.39 is 10.8 Å². The molecule has 1 saturated carbocycles. The van der Waals surface area contributed by atoms with Gasteiger partial charge in [0.25, 0.3) is 0 Å². The lowest BCUT2D eigenvalue weighted by molar-refractivity contribution is 0.173. The molecule has 1 N–H and O–H groups in total. The van der Waals surface area contributed by atoms with Crippen molar-refractivity contribution in [2.24, 2.45) is 11.3 Å². The first kappa shape index (κ1) is 17.2. The highest BCUT2D eigenvalue weighted by Crippen LogP contribution is 2.38. The predicted molar refractivity (Wildman–Crippen MR) is 86.0 cm³/mol. The zero-order chi connectivity index (χ0) is 14.5. The van der Waals surface area contributed by atoms with Gasteiger partial charge in [-0.15, -0.1) is 0 Å². The highest BCUT2D eigenvalue weighted by molar-refractivity contribution is 7.85. The van der Waals surface area contributed by atoms with Crippen molar-refractivity contribution in [3.8, 4) is 0 Å². The van der Waals surface area contributed by atoms with Crippen molar-refractivity contribution in [3.05, 3.63) is 0 Å². The van der Waals surface area contributed by atoms with E-state index in [1.807, 2.05) is 0 Å². The largest absolute Gasteiger partial charge is 0.312 e. The molecule has 0 aromatic carbocycles. The van der Waals surface area contributed by atoms with Gasteiger partial charge in [-0.3, -0.25) is 4.21 Å². The molecule has 3 atom stereocenters. The molecule has 3 heteroatoms. The van der Waals surface area contributed by atoms with Crippen LogP contribution in [0.5, 0.6) is 0 Å². The molecule has 1 aliphatic rings. The fourth-order valence-corrected chi connectivity index (χ4v) is 5.28. The number of nitrogens with one attached hydrogen (secondary N) is 1. The van der Waals surface area contributed by atoms with Gasteiger partial charge in [0.05, 0.1) is 5.25 Å². The van der Waals surface area contributed by atoms with Crippen LogP contribution in [0.3, 0.4) is 0 Å². The number of hydrogen-bond donors (Lipinski definition) is 1. The van der Waals surface area contributed by atoms with Crippen LogP contribution in [0.15, 0.2) is 0 Å². The van der Waals surface area contributed by atoms with Gasteiger partial charge in [0.2, 0.25) is 0 Å². The van der Waals surface area contributed by atoms with Crippen LogP contribution < -0.4 is 5.32 Å². The average Bonchev–Trinajstić information content (AvgIpc) is 2.33. The van der Waals surface area contributed by atoms with Gasteiger partial charge in [-0.25, -0.2) is 0 Å². The van der Waals surface area contributed by atoms with Crippen LogP contribution in [-0.4, -0.2) is 27.8 Å². The summed E-state index contributed by atoms with van der Waals surface area (Å²) < 4.78 is 12.6. The molecule has 0 bridgehead atoms. The third-order valence-corrected chi connectivity index (χ3v) is 6.19. The summed E-state index contributed by atoms with van der Waals surface area (Å²) in [6.45, 7) is 12.4. The molecule has 0 radical (unpaired) electrons. The molecule has 0 amide bonds. The Morgan fingerprint density at radius 2 is 2.05 bits per heavy atom. The molecule has 114 valence electrons. The number of rotatable bonds is 7. The fourth-order valence-electron chi connectivity index (χ4n) is 3.08. The predicted octanol–water partition coefficient (Wildman–Crippen LogP) is 3.73. The lowest BCUT2D eigenvalue weighted by Gasteiger charge is -2.44. The van der Waals surface area contributed by atoms with E-state index in [9.17, 15) is 4.21 Å². The Hall–Kier alpha value is 0.110. The Morgan fingerprint density at radius 3 is 2.63 bits per heavy atom. The zero-order valence-electron chi connectivity index (χ0n) is 13.5. The summed E-state index contributed by atoms with van der Waals surface area (Å²) in [5, 5.41) is 4.04. The van der Waals surface area contributed by atoms with E-state index in [-0.39, 0.29) is 5.41 Å². The van der Waals surface area contributed by atoms with Gasteiger partial charge < -0.3 is 5.32 Å². The summed E-state index contributed by atoms with van der Waals surface area (Å²) in [5.41, 5.74) is 0.283. The van der Waals surface area contributed by atoms with Gasteiger partial charge >= 0.3 is 0 Å². The molecule has 1 aliphatic carbocycles. The molecule has 3 unspecified atom stereocenters. The Balaban J connectivity index is 2.68. The maximum atomic E-state index is 12.6. The van der Waals surface area contributed by atoms with Gasteiger partial charge in [0, 0.05) is 22.6 Å². The van der Waals surface area contributed by atoms with E-state index in [4.69, 9.17) is 0 Å². The normalized spacial score (nSPS) is 28.5. The van der Waals surface area contributed by atoms with Crippen LogP contribution in [0, 0.1) is 11.3 Å². The Kier molecular flexibility index (Phi) is 7.02. The number of hydrogen-bond acceptors (Lipinski definition) is 2. The molecule has 2 nitrogen and oxygen atoms in total. The van der Waals surface area contributed by atoms with Crippen LogP contribution in [0.25, 0.3) is 0 Å². The van der Waals surface area contributed by atoms with Gasteiger partial charge in [0.15, 0.2) is 0 Å². The van der Waals surface area contributed by atoms with Crippen LogP contribution in [0.2, 0.25) is 0 Å². The van der Waals surface area contributed by atoms with Crippen molar-refractivity contribution in [2.75, 3.05) is 12.3 Å². The van der Waals surface area contributed by atoms with Crippen molar-refractivity contribution in [1.29, 1.82) is 0 Å². The molecule has 1 fully saturated rings. The third kappa shape index (κ3) is 5.18. The van der Waals surface area contributed by atoms with Crippen LogP contribution >= 0.6 is 0 Å². The smallest absolute Gasteiger partial charge is 0.0506 e. The maximum absolute atomic E-state index is 12.6. The van der Waals surface area contributed by atoms with E-state index in [1.165, 1.54) is 12.8 Å². The second kappa shape index (κ2) is 7.78. The first-order chi connectivity index (χ1) is 8.88. The minimum Gasteiger partial charge on any atom is -0.312 e. The molecule has 0 heterocycles. The van der Waals surface area contributed by atoms with Crippen LogP contribution in [-0.2, 0) is 10.8 Å².